The Balaban J connectivity index is 2.14. The molecule has 0 aromatic heterocycles. The zero-order valence-corrected chi connectivity index (χ0v) is 10.1. The van der Waals surface area contributed by atoms with E-state index in [4.69, 9.17) is 0 Å². The van der Waals surface area contributed by atoms with Gasteiger partial charge >= 0.3 is 0 Å². The summed E-state index contributed by atoms with van der Waals surface area (Å²) in [5.41, 5.74) is -0.913. The van der Waals surface area contributed by atoms with Crippen molar-refractivity contribution in [2.24, 2.45) is 5.92 Å². The molecule has 2 atom stereocenters. The Labute approximate surface area is 108 Å². The first-order valence-electron chi connectivity index (χ1n) is 6.03. The fourth-order valence-electron chi connectivity index (χ4n) is 2.34. The van der Waals surface area contributed by atoms with Crippen LogP contribution in [0.5, 0.6) is 0 Å². The van der Waals surface area contributed by atoms with Crippen LogP contribution >= 0.6 is 0 Å². The monoisotopic (exact) mass is 272 g/mol. The predicted molar refractivity (Wildman–Crippen MR) is 64.8 cm³/mol. The van der Waals surface area contributed by atoms with Gasteiger partial charge in [-0.15, -0.1) is 0 Å². The summed E-state index contributed by atoms with van der Waals surface area (Å²) in [6.07, 6.45) is 1.62. The Morgan fingerprint density at radius 1 is 1.42 bits per heavy atom. The zero-order chi connectivity index (χ0) is 14.0. The van der Waals surface area contributed by atoms with E-state index in [1.165, 1.54) is 0 Å². The summed E-state index contributed by atoms with van der Waals surface area (Å²) in [5.74, 6) is -2.26. The Morgan fingerprint density at radius 3 is 2.74 bits per heavy atom. The maximum absolute atomic E-state index is 13.6. The first-order chi connectivity index (χ1) is 8.99. The highest BCUT2D eigenvalue weighted by Gasteiger charge is 2.25. The van der Waals surface area contributed by atoms with Gasteiger partial charge in [-0.1, -0.05) is 0 Å². The van der Waals surface area contributed by atoms with Gasteiger partial charge in [0.05, 0.1) is 11.0 Å². The predicted octanol–water partition coefficient (Wildman–Crippen LogP) is 2.45. The molecule has 0 saturated heterocycles. The standard InChI is InChI=1S/C12H14F2N2O3/c13-9-3-4-10(16(18)19)12(11(9)14)15-6-7-1-2-8(17)5-7/h3-4,7-8,15,17H,1-2,5-6H2. The average Bonchev–Trinajstić information content (AvgIpc) is 2.76. The molecule has 104 valence electrons. The van der Waals surface area contributed by atoms with Crippen molar-refractivity contribution in [1.82, 2.24) is 0 Å². The van der Waals surface area contributed by atoms with E-state index in [9.17, 15) is 24.0 Å². The number of aliphatic hydroxyl groups excluding tert-OH is 1. The quantitative estimate of drug-likeness (QED) is 0.652. The van der Waals surface area contributed by atoms with E-state index in [1.807, 2.05) is 0 Å². The second-order valence-electron chi connectivity index (χ2n) is 4.73. The van der Waals surface area contributed by atoms with Crippen LogP contribution in [-0.4, -0.2) is 22.7 Å². The molecule has 2 N–H and O–H groups in total. The Morgan fingerprint density at radius 2 is 2.16 bits per heavy atom. The Hall–Kier alpha value is -1.76. The molecule has 19 heavy (non-hydrogen) atoms. The molecule has 0 heterocycles. The first-order valence-corrected chi connectivity index (χ1v) is 6.03. The number of hydrogen-bond donors (Lipinski definition) is 2. The number of halogens is 2. The molecule has 1 aromatic rings. The van der Waals surface area contributed by atoms with Crippen molar-refractivity contribution in [2.45, 2.75) is 25.4 Å². The minimum atomic E-state index is -1.24. The van der Waals surface area contributed by atoms with E-state index in [0.29, 0.717) is 12.8 Å². The van der Waals surface area contributed by atoms with Crippen LogP contribution in [0.15, 0.2) is 12.1 Å². The molecule has 1 aliphatic carbocycles. The Kier molecular flexibility index (Phi) is 3.94. The van der Waals surface area contributed by atoms with Crippen LogP contribution < -0.4 is 5.32 Å². The lowest BCUT2D eigenvalue weighted by molar-refractivity contribution is -0.384. The lowest BCUT2D eigenvalue weighted by Crippen LogP contribution is -2.15. The van der Waals surface area contributed by atoms with Crippen LogP contribution in [0.2, 0.25) is 0 Å². The summed E-state index contributed by atoms with van der Waals surface area (Å²) in [6.45, 7) is 0.276. The van der Waals surface area contributed by atoms with Crippen molar-refractivity contribution < 1.29 is 18.8 Å². The van der Waals surface area contributed by atoms with Gasteiger partial charge in [0.2, 0.25) is 0 Å². The number of nitrogens with zero attached hydrogens (tertiary/aromatic N) is 1. The smallest absolute Gasteiger partial charge is 0.295 e. The summed E-state index contributed by atoms with van der Waals surface area (Å²) in [5, 5.41) is 22.7. The molecule has 0 aliphatic heterocycles. The van der Waals surface area contributed by atoms with Gasteiger partial charge in [-0.2, -0.15) is 0 Å². The maximum Gasteiger partial charge on any atom is 0.295 e. The van der Waals surface area contributed by atoms with E-state index in [0.717, 1.165) is 18.6 Å². The van der Waals surface area contributed by atoms with E-state index in [2.05, 4.69) is 5.32 Å². The van der Waals surface area contributed by atoms with Crippen LogP contribution in [0.25, 0.3) is 0 Å². The van der Waals surface area contributed by atoms with Gasteiger partial charge < -0.3 is 10.4 Å². The molecule has 1 saturated carbocycles. The molecular formula is C12H14F2N2O3. The first kappa shape index (κ1) is 13.7. The molecule has 0 bridgehead atoms. The molecule has 7 heteroatoms. The van der Waals surface area contributed by atoms with Gasteiger partial charge in [0.1, 0.15) is 0 Å². The minimum Gasteiger partial charge on any atom is -0.393 e. The number of rotatable bonds is 4. The fourth-order valence-corrected chi connectivity index (χ4v) is 2.34. The highest BCUT2D eigenvalue weighted by Crippen LogP contribution is 2.31. The third kappa shape index (κ3) is 2.98. The number of nitrogens with one attached hydrogen (secondary N) is 1. The van der Waals surface area contributed by atoms with Crippen molar-refractivity contribution in [2.75, 3.05) is 11.9 Å². The lowest BCUT2D eigenvalue weighted by atomic mass is 10.1. The molecule has 1 aromatic carbocycles. The SMILES string of the molecule is O=[N+]([O-])c1ccc(F)c(F)c1NCC1CCC(O)C1. The van der Waals surface area contributed by atoms with Gasteiger partial charge in [-0.05, 0) is 31.2 Å². The topological polar surface area (TPSA) is 75.4 Å². The second kappa shape index (κ2) is 5.48. The van der Waals surface area contributed by atoms with Crippen LogP contribution in [0.3, 0.4) is 0 Å². The number of benzene rings is 1. The third-order valence-corrected chi connectivity index (χ3v) is 3.35. The molecule has 2 rings (SSSR count). The summed E-state index contributed by atoms with van der Waals surface area (Å²) in [7, 11) is 0. The molecule has 5 nitrogen and oxygen atoms in total. The van der Waals surface area contributed by atoms with Crippen LogP contribution in [-0.2, 0) is 0 Å². The van der Waals surface area contributed by atoms with Crippen molar-refractivity contribution in [3.8, 4) is 0 Å². The van der Waals surface area contributed by atoms with Gasteiger partial charge in [0, 0.05) is 12.6 Å². The van der Waals surface area contributed by atoms with Crippen LogP contribution in [0.4, 0.5) is 20.2 Å². The zero-order valence-electron chi connectivity index (χ0n) is 10.1. The van der Waals surface area contributed by atoms with Gasteiger partial charge in [-0.3, -0.25) is 10.1 Å². The Bertz CT molecular complexity index is 496. The molecule has 0 spiro atoms. The number of nitro groups is 1. The van der Waals surface area contributed by atoms with E-state index in [1.54, 1.807) is 0 Å². The molecule has 1 fully saturated rings. The van der Waals surface area contributed by atoms with Gasteiger partial charge in [0.15, 0.2) is 17.3 Å². The average molecular weight is 272 g/mol. The molecule has 0 radical (unpaired) electrons. The minimum absolute atomic E-state index is 0.109. The van der Waals surface area contributed by atoms with Crippen LogP contribution in [0.1, 0.15) is 19.3 Å². The number of anilines is 1. The van der Waals surface area contributed by atoms with E-state index < -0.39 is 27.9 Å². The maximum atomic E-state index is 13.6. The van der Waals surface area contributed by atoms with Crippen molar-refractivity contribution in [3.05, 3.63) is 33.9 Å². The second-order valence-corrected chi connectivity index (χ2v) is 4.73. The number of aliphatic hydroxyl groups is 1. The molecular weight excluding hydrogens is 258 g/mol. The summed E-state index contributed by atoms with van der Waals surface area (Å²) in [6, 6.07) is 1.67. The molecule has 0 amide bonds. The van der Waals surface area contributed by atoms with E-state index >= 15 is 0 Å². The fraction of sp³-hybridized carbons (Fsp3) is 0.500. The van der Waals surface area contributed by atoms with Crippen molar-refractivity contribution in [3.63, 3.8) is 0 Å². The summed E-state index contributed by atoms with van der Waals surface area (Å²) >= 11 is 0. The van der Waals surface area contributed by atoms with Crippen molar-refractivity contribution in [1.29, 1.82) is 0 Å². The van der Waals surface area contributed by atoms with Gasteiger partial charge in [-0.25, -0.2) is 8.78 Å². The highest BCUT2D eigenvalue weighted by atomic mass is 19.2. The van der Waals surface area contributed by atoms with Gasteiger partial charge in [0.25, 0.3) is 5.69 Å². The number of nitro benzene ring substituents is 1. The van der Waals surface area contributed by atoms with Crippen LogP contribution in [0, 0.1) is 27.7 Å². The molecule has 1 aliphatic rings. The molecule has 2 unspecified atom stereocenters. The third-order valence-electron chi connectivity index (χ3n) is 3.35. The summed E-state index contributed by atoms with van der Waals surface area (Å²) < 4.78 is 26.7. The lowest BCUT2D eigenvalue weighted by Gasteiger charge is -2.13. The normalized spacial score (nSPS) is 22.5. The number of hydrogen-bond acceptors (Lipinski definition) is 4. The summed E-state index contributed by atoms with van der Waals surface area (Å²) in [4.78, 5) is 10.0. The van der Waals surface area contributed by atoms with E-state index in [-0.39, 0.29) is 18.6 Å². The van der Waals surface area contributed by atoms with Crippen molar-refractivity contribution >= 4 is 11.4 Å². The largest absolute Gasteiger partial charge is 0.393 e. The highest BCUT2D eigenvalue weighted by molar-refractivity contribution is 5.62.